The summed E-state index contributed by atoms with van der Waals surface area (Å²) in [5, 5.41) is 0. The van der Waals surface area contributed by atoms with Crippen molar-refractivity contribution in [1.29, 1.82) is 0 Å². The van der Waals surface area contributed by atoms with E-state index in [1.54, 1.807) is 52.8 Å². The monoisotopic (exact) mass is 1170 g/mol. The van der Waals surface area contributed by atoms with Gasteiger partial charge in [0, 0.05) is 11.1 Å². The number of rotatable bonds is 0. The molecule has 450 valence electrons. The fraction of sp³-hybridized carbons (Fsp3) is 0.250. The molecule has 0 unspecified atom stereocenters. The van der Waals surface area contributed by atoms with Gasteiger partial charge in [-0.15, -0.1) is 0 Å². The van der Waals surface area contributed by atoms with Crippen molar-refractivity contribution in [1.82, 2.24) is 0 Å². The van der Waals surface area contributed by atoms with Gasteiger partial charge >= 0.3 is 6.18 Å². The van der Waals surface area contributed by atoms with Crippen LogP contribution in [0.3, 0.4) is 0 Å². The number of halogens is 12. The van der Waals surface area contributed by atoms with Gasteiger partial charge in [0.25, 0.3) is 0 Å². The van der Waals surface area contributed by atoms with Crippen molar-refractivity contribution < 1.29 is 52.7 Å². The maximum Gasteiger partial charge on any atom is 0.422 e. The number of hydrogen-bond acceptors (Lipinski definition) is 0. The summed E-state index contributed by atoms with van der Waals surface area (Å²) in [5.41, 5.74) is 12.7. The average Bonchev–Trinajstić information content (AvgIpc) is 3.61. The highest BCUT2D eigenvalue weighted by Gasteiger charge is 2.37. The summed E-state index contributed by atoms with van der Waals surface area (Å²) in [4.78, 5) is 0. The van der Waals surface area contributed by atoms with Crippen molar-refractivity contribution >= 4 is 0 Å². The van der Waals surface area contributed by atoms with Crippen LogP contribution >= 0.6 is 0 Å². The van der Waals surface area contributed by atoms with E-state index in [-0.39, 0.29) is 34.1 Å². The molecule has 9 aromatic rings. The molecular weight excluding hydrogens is 1090 g/mol. The molecule has 0 saturated carbocycles. The molecule has 0 spiro atoms. The first-order valence-corrected chi connectivity index (χ1v) is 26.7. The molecule has 0 saturated heterocycles. The van der Waals surface area contributed by atoms with Crippen LogP contribution in [0, 0.1) is 170 Å². The van der Waals surface area contributed by atoms with Crippen molar-refractivity contribution in [3.8, 4) is 0 Å². The molecule has 0 aliphatic heterocycles. The van der Waals surface area contributed by atoms with Gasteiger partial charge in [-0.3, -0.25) is 0 Å². The van der Waals surface area contributed by atoms with Crippen molar-refractivity contribution in [2.75, 3.05) is 0 Å². The predicted octanol–water partition coefficient (Wildman–Crippen LogP) is 22.7. The molecule has 12 heteroatoms. The summed E-state index contributed by atoms with van der Waals surface area (Å²) in [5.74, 6) is -5.40. The summed E-state index contributed by atoms with van der Waals surface area (Å²) in [7, 11) is 0. The topological polar surface area (TPSA) is 0 Å². The van der Waals surface area contributed by atoms with Crippen LogP contribution in [-0.2, 0) is 6.18 Å². The van der Waals surface area contributed by atoms with Crippen LogP contribution in [0.15, 0.2) is 164 Å². The molecule has 9 aromatic carbocycles. The molecule has 0 atom stereocenters. The number of aryl methyl sites for hydroxylation is 15. The fourth-order valence-corrected chi connectivity index (χ4v) is 6.52. The Labute approximate surface area is 490 Å². The summed E-state index contributed by atoms with van der Waals surface area (Å²) < 4.78 is 149. The highest BCUT2D eigenvalue weighted by atomic mass is 19.4. The second-order valence-corrected chi connectivity index (χ2v) is 20.5. The summed E-state index contributed by atoms with van der Waals surface area (Å²) in [6.45, 7) is 31.0. The average molecular weight is 1170 g/mol. The number of hydrogen-bond donors (Lipinski definition) is 0. The maximum atomic E-state index is 12.6. The van der Waals surface area contributed by atoms with Crippen molar-refractivity contribution in [2.45, 2.75) is 124 Å². The second-order valence-electron chi connectivity index (χ2n) is 20.5. The van der Waals surface area contributed by atoms with Gasteiger partial charge in [0.15, 0.2) is 0 Å². The predicted molar refractivity (Wildman–Crippen MR) is 323 cm³/mol. The molecule has 0 aliphatic carbocycles. The molecule has 0 aromatic heterocycles. The van der Waals surface area contributed by atoms with Gasteiger partial charge in [-0.2, -0.15) is 13.2 Å². The molecule has 0 N–H and O–H groups in total. The fourth-order valence-electron chi connectivity index (χ4n) is 6.52. The minimum absolute atomic E-state index is 0.0885. The Bertz CT molecular complexity index is 3000. The largest absolute Gasteiger partial charge is 0.422 e. The van der Waals surface area contributed by atoms with Gasteiger partial charge < -0.3 is 0 Å². The molecule has 0 nitrogen and oxygen atoms in total. The Morgan fingerprint density at radius 1 is 0.190 bits per heavy atom. The number of benzene rings is 9. The van der Waals surface area contributed by atoms with E-state index >= 15 is 0 Å². The van der Waals surface area contributed by atoms with Gasteiger partial charge in [-0.05, 0) is 222 Å². The summed E-state index contributed by atoms with van der Waals surface area (Å²) in [6.07, 6.45) is -4.98. The van der Waals surface area contributed by atoms with Gasteiger partial charge in [-0.25, -0.2) is 39.5 Å². The van der Waals surface area contributed by atoms with E-state index in [1.165, 1.54) is 96.6 Å². The van der Waals surface area contributed by atoms with E-state index in [0.717, 1.165) is 16.7 Å². The maximum absolute atomic E-state index is 12.6. The Balaban J connectivity index is 0.000000474. The molecule has 0 amide bonds. The lowest BCUT2D eigenvalue weighted by molar-refractivity contribution is -0.142. The van der Waals surface area contributed by atoms with E-state index in [1.807, 2.05) is 39.0 Å². The minimum atomic E-state index is -4.98. The molecule has 84 heavy (non-hydrogen) atoms. The zero-order valence-corrected chi connectivity index (χ0v) is 51.1. The molecular formula is C72H78F12. The molecule has 9 rings (SSSR count). The second kappa shape index (κ2) is 36.7. The van der Waals surface area contributed by atoms with Gasteiger partial charge in [-0.1, -0.05) is 143 Å². The van der Waals surface area contributed by atoms with E-state index in [0.29, 0.717) is 39.9 Å². The normalized spacial score (nSPS) is 9.96. The summed E-state index contributed by atoms with van der Waals surface area (Å²) in [6, 6.07) is 47.7. The van der Waals surface area contributed by atoms with E-state index in [9.17, 15) is 52.7 Å². The molecule has 0 heterocycles. The highest BCUT2D eigenvalue weighted by molar-refractivity contribution is 5.29. The first kappa shape index (κ1) is 74.2. The molecule has 0 bridgehead atoms. The van der Waals surface area contributed by atoms with Crippen LogP contribution in [0.1, 0.15) is 100 Å². The van der Waals surface area contributed by atoms with E-state index in [2.05, 4.69) is 114 Å². The molecule has 0 fully saturated rings. The Hall–Kier alpha value is -7.86. The third kappa shape index (κ3) is 29.9. The quantitative estimate of drug-likeness (QED) is 0.133. The first-order chi connectivity index (χ1) is 39.0. The van der Waals surface area contributed by atoms with Gasteiger partial charge in [0.2, 0.25) is 0 Å². The Morgan fingerprint density at radius 3 is 0.500 bits per heavy atom. The van der Waals surface area contributed by atoms with Crippen LogP contribution in [0.25, 0.3) is 0 Å². The van der Waals surface area contributed by atoms with Gasteiger partial charge in [0.05, 0.1) is 0 Å². The van der Waals surface area contributed by atoms with E-state index < -0.39 is 46.6 Å². The third-order valence-electron chi connectivity index (χ3n) is 12.0. The van der Waals surface area contributed by atoms with Crippen LogP contribution < -0.4 is 0 Å². The van der Waals surface area contributed by atoms with E-state index in [4.69, 9.17) is 0 Å². The first-order valence-electron chi connectivity index (χ1n) is 26.7. The molecule has 0 radical (unpaired) electrons. The standard InChI is InChI=1S/C8H5F5.2C8H8F2.3C8H9F.3C8H10/c1-4-2-5(9)7(6(10)3-4)8(11,12)13;2*1-5-3-7(9)6(2)8(10)4-5;3*1-6-3-4-7(2)8(9)5-6;3*1-7-3-5-8(2)6-4-7/h2-3H,1H3;2*3-4H,1-2H3;3*3-5H,1-2H3;3*3-6H,1-2H3. The SMILES string of the molecule is Cc1cc(F)c(C(F)(F)F)c(F)c1.Cc1cc(F)c(C)c(F)c1.Cc1cc(F)c(C)c(F)c1.Cc1ccc(C)c(F)c1.Cc1ccc(C)c(F)c1.Cc1ccc(C)c(F)c1.Cc1ccc(C)cc1.Cc1ccc(C)cc1.Cc1ccc(C)cc1. The Morgan fingerprint density at radius 2 is 0.345 bits per heavy atom. The van der Waals surface area contributed by atoms with Crippen LogP contribution in [0.4, 0.5) is 52.7 Å². The molecule has 0 aliphatic rings. The van der Waals surface area contributed by atoms with Crippen molar-refractivity contribution in [2.24, 2.45) is 0 Å². The van der Waals surface area contributed by atoms with Gasteiger partial charge in [0.1, 0.15) is 57.9 Å². The number of alkyl halides is 3. The Kier molecular flexibility index (Phi) is 32.4. The lowest BCUT2D eigenvalue weighted by Gasteiger charge is -2.09. The smallest absolute Gasteiger partial charge is 0.207 e. The lowest BCUT2D eigenvalue weighted by atomic mass is 10.1. The van der Waals surface area contributed by atoms with Crippen molar-refractivity contribution in [3.05, 3.63) is 316 Å². The lowest BCUT2D eigenvalue weighted by Crippen LogP contribution is -2.11. The van der Waals surface area contributed by atoms with Crippen molar-refractivity contribution in [3.63, 3.8) is 0 Å². The zero-order chi connectivity index (χ0) is 64.2. The van der Waals surface area contributed by atoms with Crippen LogP contribution in [0.2, 0.25) is 0 Å². The highest BCUT2D eigenvalue weighted by Crippen LogP contribution is 2.34. The van der Waals surface area contributed by atoms with Crippen LogP contribution in [-0.4, -0.2) is 0 Å². The minimum Gasteiger partial charge on any atom is -0.207 e. The summed E-state index contributed by atoms with van der Waals surface area (Å²) >= 11 is 0. The van der Waals surface area contributed by atoms with Crippen LogP contribution in [0.5, 0.6) is 0 Å². The zero-order valence-electron chi connectivity index (χ0n) is 51.1. The third-order valence-corrected chi connectivity index (χ3v) is 12.0.